The molecular weight excluding hydrogens is 279 g/mol. The van der Waals surface area contributed by atoms with Crippen LogP contribution in [0.4, 0.5) is 4.79 Å². The van der Waals surface area contributed by atoms with Gasteiger partial charge in [-0.05, 0) is 19.6 Å². The third-order valence-electron chi connectivity index (χ3n) is 1.34. The molecule has 0 aromatic carbocycles. The Bertz CT molecular complexity index is 87.1. The maximum absolute atomic E-state index is 8.56. The van der Waals surface area contributed by atoms with E-state index >= 15 is 0 Å². The molecule has 0 aromatic rings. The van der Waals surface area contributed by atoms with E-state index in [1.165, 1.54) is 19.6 Å². The summed E-state index contributed by atoms with van der Waals surface area (Å²) in [6.45, 7) is 10.1. The minimum atomic E-state index is -1.83. The van der Waals surface area contributed by atoms with Crippen molar-refractivity contribution in [3.05, 3.63) is 0 Å². The van der Waals surface area contributed by atoms with Gasteiger partial charge in [0.1, 0.15) is 0 Å². The number of carboxylic acid groups (broad SMARTS) is 2. The second-order valence-electron chi connectivity index (χ2n) is 1.90. The Morgan fingerprint density at radius 2 is 1.25 bits per heavy atom. The molecule has 0 aliphatic rings. The van der Waals surface area contributed by atoms with Gasteiger partial charge in [0.05, 0.1) is 0 Å². The molecule has 0 bridgehead atoms. The molecule has 0 radical (unpaired) electrons. The molecule has 0 atom stereocenters. The van der Waals surface area contributed by atoms with E-state index in [2.05, 4.69) is 25.7 Å². The zero-order valence-corrected chi connectivity index (χ0v) is 7.37. The monoisotopic (exact) mass is 297 g/mol. The molecule has 0 spiro atoms. The van der Waals surface area contributed by atoms with Crippen molar-refractivity contribution < 1.29 is 15.0 Å². The molecule has 4 nitrogen and oxygen atoms in total. The summed E-state index contributed by atoms with van der Waals surface area (Å²) in [6, 6.07) is 0. The fraction of sp³-hybridized carbons (Fsp3) is 0.857. The first-order valence-electron chi connectivity index (χ1n) is 3.72. The first-order valence-corrected chi connectivity index (χ1v) is 3.72. The van der Waals surface area contributed by atoms with Crippen LogP contribution in [-0.4, -0.2) is 110 Å². The summed E-state index contributed by atoms with van der Waals surface area (Å²) >= 11 is 0. The molecule has 0 saturated heterocycles. The van der Waals surface area contributed by atoms with Gasteiger partial charge in [0.15, 0.2) is 0 Å². The number of nitrogens with zero attached hydrogens (tertiary/aromatic N) is 1. The molecule has 0 amide bonds. The van der Waals surface area contributed by atoms with Gasteiger partial charge in [0.2, 0.25) is 0 Å². The van der Waals surface area contributed by atoms with Crippen molar-refractivity contribution in [2.75, 3.05) is 19.6 Å². The van der Waals surface area contributed by atoms with E-state index in [-0.39, 0.29) is 68.9 Å². The van der Waals surface area contributed by atoms with E-state index in [1.54, 1.807) is 0 Å². The van der Waals surface area contributed by atoms with E-state index in [1.807, 2.05) is 0 Å². The molecule has 0 aromatic heterocycles. The molecule has 0 aliphatic heterocycles. The third kappa shape index (κ3) is 22.5. The van der Waals surface area contributed by atoms with Gasteiger partial charge >= 0.3 is 75.0 Å². The molecule has 2 N–H and O–H groups in total. The minimum absolute atomic E-state index is 0. The summed E-state index contributed by atoms with van der Waals surface area (Å²) in [6.07, 6.45) is -1.83. The van der Waals surface area contributed by atoms with Gasteiger partial charge in [-0.1, -0.05) is 20.8 Å². The maximum atomic E-state index is 8.56. The molecule has 0 saturated carbocycles. The Balaban J connectivity index is -0.000000142. The number of hydrogen-bond acceptors (Lipinski definition) is 2. The summed E-state index contributed by atoms with van der Waals surface area (Å²) in [4.78, 5) is 10.9. The molecule has 70 valence electrons. The average Bonchev–Trinajstić information content (AvgIpc) is 1.90. The summed E-state index contributed by atoms with van der Waals surface area (Å²) < 4.78 is 0. The Kier molecular flexibility index (Phi) is 23.4. The van der Waals surface area contributed by atoms with Crippen LogP contribution in [-0.2, 0) is 0 Å². The fourth-order valence-electron chi connectivity index (χ4n) is 0.671. The van der Waals surface area contributed by atoms with Gasteiger partial charge < -0.3 is 15.1 Å². The Labute approximate surface area is 133 Å². The van der Waals surface area contributed by atoms with E-state index in [9.17, 15) is 0 Å². The van der Waals surface area contributed by atoms with Gasteiger partial charge in [0, 0.05) is 0 Å². The summed E-state index contributed by atoms with van der Waals surface area (Å²) in [5.74, 6) is 0. The average molecular weight is 297 g/mol. The van der Waals surface area contributed by atoms with Crippen LogP contribution in [0.1, 0.15) is 20.8 Å². The van der Waals surface area contributed by atoms with Gasteiger partial charge in [-0.25, -0.2) is 4.79 Å². The van der Waals surface area contributed by atoms with Crippen LogP contribution in [0.2, 0.25) is 0 Å². The third-order valence-corrected chi connectivity index (χ3v) is 1.34. The summed E-state index contributed by atoms with van der Waals surface area (Å²) in [5, 5.41) is 13.9. The van der Waals surface area contributed by atoms with Crippen molar-refractivity contribution in [1.29, 1.82) is 0 Å². The molecule has 0 unspecified atom stereocenters. The fourth-order valence-corrected chi connectivity index (χ4v) is 0.671. The van der Waals surface area contributed by atoms with Crippen LogP contribution in [0, 0.1) is 0 Å². The van der Waals surface area contributed by atoms with E-state index < -0.39 is 6.16 Å². The topological polar surface area (TPSA) is 60.8 Å². The van der Waals surface area contributed by atoms with Crippen molar-refractivity contribution in [1.82, 2.24) is 4.90 Å². The van der Waals surface area contributed by atoms with Gasteiger partial charge in [0.25, 0.3) is 0 Å². The molecule has 5 heteroatoms. The zero-order chi connectivity index (χ0) is 9.28. The Morgan fingerprint density at radius 1 is 1.08 bits per heavy atom. The van der Waals surface area contributed by atoms with Crippen LogP contribution >= 0.6 is 0 Å². The quantitative estimate of drug-likeness (QED) is 0.813. The SMILES string of the molecule is CCN(CC)CC.O=C(O)O.[CsH]. The van der Waals surface area contributed by atoms with Crippen molar-refractivity contribution in [3.8, 4) is 0 Å². The standard InChI is InChI=1S/C6H15N.CH2O3.Cs.H/c1-4-7(5-2)6-3;2-1(3)4;;/h4-6H2,1-3H3;(H2,2,3,4);;. The van der Waals surface area contributed by atoms with Crippen molar-refractivity contribution in [3.63, 3.8) is 0 Å². The Hall–Kier alpha value is 1.28. The second-order valence-corrected chi connectivity index (χ2v) is 1.90. The van der Waals surface area contributed by atoms with Crippen LogP contribution in [0.25, 0.3) is 0 Å². The first kappa shape index (κ1) is 19.0. The predicted molar refractivity (Wildman–Crippen MR) is 51.3 cm³/mol. The zero-order valence-electron chi connectivity index (χ0n) is 7.37. The van der Waals surface area contributed by atoms with E-state index in [4.69, 9.17) is 15.0 Å². The molecule has 0 fully saturated rings. The normalized spacial score (nSPS) is 8.00. The molecule has 0 rings (SSSR count). The number of hydrogen-bond donors (Lipinski definition) is 2. The van der Waals surface area contributed by atoms with Gasteiger partial charge in [-0.15, -0.1) is 0 Å². The van der Waals surface area contributed by atoms with E-state index in [0.717, 1.165) is 0 Å². The molecule has 0 aliphatic carbocycles. The van der Waals surface area contributed by atoms with Crippen LogP contribution in [0.3, 0.4) is 0 Å². The van der Waals surface area contributed by atoms with E-state index in [0.29, 0.717) is 0 Å². The first-order chi connectivity index (χ1) is 5.08. The molecule has 0 heterocycles. The van der Waals surface area contributed by atoms with Gasteiger partial charge in [-0.3, -0.25) is 0 Å². The predicted octanol–water partition coefficient (Wildman–Crippen LogP) is 0.922. The molecule has 12 heavy (non-hydrogen) atoms. The van der Waals surface area contributed by atoms with Crippen LogP contribution in [0.15, 0.2) is 0 Å². The summed E-state index contributed by atoms with van der Waals surface area (Å²) in [5.41, 5.74) is 0. The van der Waals surface area contributed by atoms with Crippen LogP contribution in [0.5, 0.6) is 0 Å². The van der Waals surface area contributed by atoms with Gasteiger partial charge in [-0.2, -0.15) is 0 Å². The molecular formula is C7H18CsNO3. The van der Waals surface area contributed by atoms with Crippen molar-refractivity contribution >= 4 is 75.0 Å². The number of carbonyl (C=O) groups is 1. The second kappa shape index (κ2) is 14.8. The Morgan fingerprint density at radius 3 is 1.25 bits per heavy atom. The number of rotatable bonds is 3. The van der Waals surface area contributed by atoms with Crippen LogP contribution < -0.4 is 0 Å². The van der Waals surface area contributed by atoms with Crippen molar-refractivity contribution in [2.24, 2.45) is 0 Å². The van der Waals surface area contributed by atoms with Crippen molar-refractivity contribution in [2.45, 2.75) is 20.8 Å². The summed E-state index contributed by atoms with van der Waals surface area (Å²) in [7, 11) is 0.